The lowest BCUT2D eigenvalue weighted by Gasteiger charge is -2.33. The van der Waals surface area contributed by atoms with Gasteiger partial charge in [0.2, 0.25) is 0 Å². The van der Waals surface area contributed by atoms with Gasteiger partial charge in [0.25, 0.3) is 0 Å². The fraction of sp³-hybridized carbons (Fsp3) is 0.267. The van der Waals surface area contributed by atoms with Gasteiger partial charge in [0.15, 0.2) is 0 Å². The van der Waals surface area contributed by atoms with Crippen LogP contribution in [-0.4, -0.2) is 47.4 Å². The van der Waals surface area contributed by atoms with Crippen LogP contribution in [0.1, 0.15) is 5.56 Å². The first-order valence-electron chi connectivity index (χ1n) is 6.77. The van der Waals surface area contributed by atoms with E-state index in [1.54, 1.807) is 6.20 Å². The van der Waals surface area contributed by atoms with Gasteiger partial charge in [-0.1, -0.05) is 12.1 Å². The molecule has 20 heavy (non-hydrogen) atoms. The number of hydrogen-bond donors (Lipinski definition) is 0. The molecule has 0 radical (unpaired) electrons. The Labute approximate surface area is 118 Å². The molecule has 5 nitrogen and oxygen atoms in total. The Balaban J connectivity index is 1.55. The molecule has 0 unspecified atom stereocenters. The predicted molar refractivity (Wildman–Crippen MR) is 79.9 cm³/mol. The zero-order chi connectivity index (χ0) is 13.6. The van der Waals surface area contributed by atoms with Crippen molar-refractivity contribution in [1.82, 2.24) is 15.0 Å². The lowest BCUT2D eigenvalue weighted by Crippen LogP contribution is -2.44. The van der Waals surface area contributed by atoms with Gasteiger partial charge in [-0.25, -0.2) is 4.98 Å². The number of hydrazone groups is 1. The van der Waals surface area contributed by atoms with Gasteiger partial charge in [0.05, 0.1) is 19.3 Å². The van der Waals surface area contributed by atoms with Crippen molar-refractivity contribution >= 4 is 12.0 Å². The predicted octanol–water partition coefficient (Wildman–Crippen LogP) is 1.63. The summed E-state index contributed by atoms with van der Waals surface area (Å²) in [5.74, 6) is 1.04. The van der Waals surface area contributed by atoms with Crippen LogP contribution in [0.2, 0.25) is 0 Å². The molecule has 0 atom stereocenters. The highest BCUT2D eigenvalue weighted by atomic mass is 15.5. The molecule has 1 saturated heterocycles. The molecular formula is C15H17N5. The van der Waals surface area contributed by atoms with E-state index in [-0.39, 0.29) is 0 Å². The number of anilines is 1. The van der Waals surface area contributed by atoms with Crippen molar-refractivity contribution in [2.75, 3.05) is 31.1 Å². The van der Waals surface area contributed by atoms with E-state index >= 15 is 0 Å². The van der Waals surface area contributed by atoms with Crippen LogP contribution in [0.4, 0.5) is 5.82 Å². The summed E-state index contributed by atoms with van der Waals surface area (Å²) in [6, 6.07) is 9.93. The van der Waals surface area contributed by atoms with E-state index in [4.69, 9.17) is 0 Å². The molecule has 0 spiro atoms. The molecule has 3 heterocycles. The highest BCUT2D eigenvalue weighted by molar-refractivity contribution is 5.78. The number of hydrogen-bond acceptors (Lipinski definition) is 5. The molecule has 0 N–H and O–H groups in total. The van der Waals surface area contributed by atoms with Crippen molar-refractivity contribution in [3.05, 3.63) is 54.5 Å². The second-order valence-corrected chi connectivity index (χ2v) is 4.66. The van der Waals surface area contributed by atoms with Crippen molar-refractivity contribution < 1.29 is 0 Å². The molecule has 0 amide bonds. The lowest BCUT2D eigenvalue weighted by atomic mass is 10.3. The number of rotatable bonds is 3. The van der Waals surface area contributed by atoms with Gasteiger partial charge in [-0.2, -0.15) is 5.10 Å². The van der Waals surface area contributed by atoms with Crippen molar-refractivity contribution in [2.24, 2.45) is 5.10 Å². The van der Waals surface area contributed by atoms with Crippen LogP contribution in [-0.2, 0) is 0 Å². The normalized spacial score (nSPS) is 15.8. The fourth-order valence-electron chi connectivity index (χ4n) is 2.18. The number of piperazine rings is 1. The smallest absolute Gasteiger partial charge is 0.128 e. The van der Waals surface area contributed by atoms with E-state index in [0.29, 0.717) is 0 Å². The monoisotopic (exact) mass is 267 g/mol. The molecule has 102 valence electrons. The summed E-state index contributed by atoms with van der Waals surface area (Å²) in [6.45, 7) is 3.71. The topological polar surface area (TPSA) is 44.6 Å². The first-order chi connectivity index (χ1) is 9.92. The summed E-state index contributed by atoms with van der Waals surface area (Å²) in [6.07, 6.45) is 7.28. The van der Waals surface area contributed by atoms with Gasteiger partial charge in [-0.05, 0) is 18.2 Å². The van der Waals surface area contributed by atoms with Crippen LogP contribution in [0, 0.1) is 0 Å². The van der Waals surface area contributed by atoms with Crippen molar-refractivity contribution in [2.45, 2.75) is 0 Å². The maximum Gasteiger partial charge on any atom is 0.128 e. The van der Waals surface area contributed by atoms with Crippen LogP contribution in [0.3, 0.4) is 0 Å². The fourth-order valence-corrected chi connectivity index (χ4v) is 2.18. The van der Waals surface area contributed by atoms with Gasteiger partial charge in [0.1, 0.15) is 5.82 Å². The van der Waals surface area contributed by atoms with Crippen LogP contribution < -0.4 is 4.90 Å². The first kappa shape index (κ1) is 12.6. The maximum absolute atomic E-state index is 4.50. The van der Waals surface area contributed by atoms with Crippen LogP contribution >= 0.6 is 0 Å². The minimum atomic E-state index is 0.910. The van der Waals surface area contributed by atoms with Gasteiger partial charge >= 0.3 is 0 Å². The molecule has 0 bridgehead atoms. The molecule has 1 fully saturated rings. The molecule has 3 rings (SSSR count). The third kappa shape index (κ3) is 3.12. The van der Waals surface area contributed by atoms with E-state index in [1.807, 2.05) is 42.9 Å². The maximum atomic E-state index is 4.50. The molecule has 2 aromatic heterocycles. The Kier molecular flexibility index (Phi) is 3.87. The minimum Gasteiger partial charge on any atom is -0.353 e. The average molecular weight is 267 g/mol. The second-order valence-electron chi connectivity index (χ2n) is 4.66. The molecule has 2 aromatic rings. The van der Waals surface area contributed by atoms with Gasteiger partial charge < -0.3 is 4.90 Å². The first-order valence-corrected chi connectivity index (χ1v) is 6.77. The van der Waals surface area contributed by atoms with E-state index in [9.17, 15) is 0 Å². The zero-order valence-corrected chi connectivity index (χ0v) is 11.3. The summed E-state index contributed by atoms with van der Waals surface area (Å²) in [5, 5.41) is 6.59. The van der Waals surface area contributed by atoms with E-state index in [1.165, 1.54) is 0 Å². The highest BCUT2D eigenvalue weighted by Crippen LogP contribution is 2.12. The largest absolute Gasteiger partial charge is 0.353 e. The van der Waals surface area contributed by atoms with Gasteiger partial charge in [0, 0.05) is 37.2 Å². The average Bonchev–Trinajstić information content (AvgIpc) is 2.55. The lowest BCUT2D eigenvalue weighted by molar-refractivity contribution is 0.271. The molecule has 0 aliphatic carbocycles. The molecule has 1 aliphatic heterocycles. The molecule has 5 heteroatoms. The molecule has 0 aromatic carbocycles. The quantitative estimate of drug-likeness (QED) is 0.793. The Morgan fingerprint density at radius 2 is 1.90 bits per heavy atom. The second kappa shape index (κ2) is 6.14. The van der Waals surface area contributed by atoms with Gasteiger partial charge in [-0.15, -0.1) is 0 Å². The SMILES string of the molecule is C(=NN1CCN(c2ccccn2)CC1)c1cccnc1. The Morgan fingerprint density at radius 1 is 1.00 bits per heavy atom. The van der Waals surface area contributed by atoms with Crippen LogP contribution in [0.15, 0.2) is 54.0 Å². The number of nitrogens with zero attached hydrogens (tertiary/aromatic N) is 5. The van der Waals surface area contributed by atoms with Crippen LogP contribution in [0.25, 0.3) is 0 Å². The Hall–Kier alpha value is -2.43. The number of aromatic nitrogens is 2. The standard InChI is InChI=1S/C15H17N5/c1-2-7-17-15(5-1)19-8-10-20(11-9-19)18-13-14-4-3-6-16-12-14/h1-7,12-13H,8-11H2. The summed E-state index contributed by atoms with van der Waals surface area (Å²) in [5.41, 5.74) is 1.03. The Morgan fingerprint density at radius 3 is 2.60 bits per heavy atom. The van der Waals surface area contributed by atoms with E-state index in [2.05, 4.69) is 31.0 Å². The zero-order valence-electron chi connectivity index (χ0n) is 11.3. The molecular weight excluding hydrogens is 250 g/mol. The number of pyridine rings is 2. The summed E-state index contributed by atoms with van der Waals surface area (Å²) in [4.78, 5) is 10.7. The van der Waals surface area contributed by atoms with E-state index < -0.39 is 0 Å². The van der Waals surface area contributed by atoms with E-state index in [0.717, 1.165) is 37.6 Å². The van der Waals surface area contributed by atoms with Crippen LogP contribution in [0.5, 0.6) is 0 Å². The Bertz CT molecular complexity index is 547. The highest BCUT2D eigenvalue weighted by Gasteiger charge is 2.15. The third-order valence-electron chi connectivity index (χ3n) is 3.28. The van der Waals surface area contributed by atoms with Crippen molar-refractivity contribution in [1.29, 1.82) is 0 Å². The summed E-state index contributed by atoms with van der Waals surface area (Å²) < 4.78 is 0. The minimum absolute atomic E-state index is 0.910. The third-order valence-corrected chi connectivity index (χ3v) is 3.28. The molecule has 0 saturated carbocycles. The van der Waals surface area contributed by atoms with Crippen molar-refractivity contribution in [3.63, 3.8) is 0 Å². The summed E-state index contributed by atoms with van der Waals surface area (Å²) in [7, 11) is 0. The molecule has 1 aliphatic rings. The van der Waals surface area contributed by atoms with Crippen molar-refractivity contribution in [3.8, 4) is 0 Å². The van der Waals surface area contributed by atoms with Gasteiger partial charge in [-0.3, -0.25) is 9.99 Å². The summed E-state index contributed by atoms with van der Waals surface area (Å²) >= 11 is 0.